The quantitative estimate of drug-likeness (QED) is 0.880. The molecule has 7 heteroatoms. The van der Waals surface area contributed by atoms with Gasteiger partial charge in [-0.05, 0) is 24.8 Å². The lowest BCUT2D eigenvalue weighted by atomic mass is 10.0. The molecule has 1 aromatic rings. The van der Waals surface area contributed by atoms with Crippen molar-refractivity contribution in [3.05, 3.63) is 18.3 Å². The van der Waals surface area contributed by atoms with Crippen LogP contribution in [0.25, 0.3) is 0 Å². The summed E-state index contributed by atoms with van der Waals surface area (Å²) in [4.78, 5) is 4.00. The van der Waals surface area contributed by atoms with Crippen molar-refractivity contribution in [3.63, 3.8) is 0 Å². The lowest BCUT2D eigenvalue weighted by Gasteiger charge is -2.26. The third-order valence-corrected chi connectivity index (χ3v) is 5.14. The molecule has 106 valence electrons. The molecule has 2 rings (SSSR count). The second-order valence-corrected chi connectivity index (χ2v) is 6.80. The van der Waals surface area contributed by atoms with Crippen LogP contribution in [0.3, 0.4) is 0 Å². The highest BCUT2D eigenvalue weighted by atomic mass is 32.2. The van der Waals surface area contributed by atoms with Gasteiger partial charge in [-0.1, -0.05) is 0 Å². The molecule has 0 bridgehead atoms. The first-order chi connectivity index (χ1) is 9.00. The fraction of sp³-hybridized carbons (Fsp3) is 0.583. The van der Waals surface area contributed by atoms with E-state index in [1.807, 2.05) is 0 Å². The first-order valence-electron chi connectivity index (χ1n) is 6.26. The number of ether oxygens (including phenoxy) is 1. The van der Waals surface area contributed by atoms with Crippen LogP contribution in [0.5, 0.6) is 0 Å². The summed E-state index contributed by atoms with van der Waals surface area (Å²) in [7, 11) is -1.89. The van der Waals surface area contributed by atoms with E-state index >= 15 is 0 Å². The molecule has 1 fully saturated rings. The molecule has 0 atom stereocenters. The fourth-order valence-electron chi connectivity index (χ4n) is 2.16. The predicted molar refractivity (Wildman–Crippen MR) is 72.0 cm³/mol. The van der Waals surface area contributed by atoms with Crippen molar-refractivity contribution in [2.24, 2.45) is 5.92 Å². The minimum Gasteiger partial charge on any atom is -0.384 e. The van der Waals surface area contributed by atoms with Gasteiger partial charge < -0.3 is 10.5 Å². The number of nitrogens with zero attached hydrogens (tertiary/aromatic N) is 2. The van der Waals surface area contributed by atoms with Crippen LogP contribution in [0.2, 0.25) is 0 Å². The van der Waals surface area contributed by atoms with Gasteiger partial charge in [-0.2, -0.15) is 0 Å². The summed E-state index contributed by atoms with van der Waals surface area (Å²) in [5.41, 5.74) is 5.53. The van der Waals surface area contributed by atoms with Gasteiger partial charge in [0.1, 0.15) is 5.82 Å². The highest BCUT2D eigenvalue weighted by Crippen LogP contribution is 2.20. The van der Waals surface area contributed by atoms with E-state index in [1.54, 1.807) is 7.05 Å². The largest absolute Gasteiger partial charge is 0.384 e. The van der Waals surface area contributed by atoms with Crippen LogP contribution in [-0.4, -0.2) is 44.5 Å². The number of nitrogens with two attached hydrogens (primary N) is 1. The Morgan fingerprint density at radius 1 is 1.47 bits per heavy atom. The first-order valence-corrected chi connectivity index (χ1v) is 7.70. The Kier molecular flexibility index (Phi) is 4.38. The maximum absolute atomic E-state index is 12.4. The predicted octanol–water partition coefficient (Wildman–Crippen LogP) is 0.711. The van der Waals surface area contributed by atoms with E-state index in [4.69, 9.17) is 10.5 Å². The highest BCUT2D eigenvalue weighted by Gasteiger charge is 2.25. The van der Waals surface area contributed by atoms with E-state index in [-0.39, 0.29) is 10.7 Å². The maximum Gasteiger partial charge on any atom is 0.243 e. The molecule has 0 spiro atoms. The van der Waals surface area contributed by atoms with E-state index in [0.29, 0.717) is 25.7 Å². The standard InChI is InChI=1S/C12H19N3O3S/c1-15(9-10-3-6-18-7-4-10)19(16,17)11-2-5-14-12(13)8-11/h2,5,8,10H,3-4,6-7,9H2,1H3,(H2,13,14). The van der Waals surface area contributed by atoms with Crippen molar-refractivity contribution >= 4 is 15.8 Å². The normalized spacial score (nSPS) is 17.8. The number of aromatic nitrogens is 1. The lowest BCUT2D eigenvalue weighted by molar-refractivity contribution is 0.0620. The van der Waals surface area contributed by atoms with Crippen LogP contribution in [0, 0.1) is 5.92 Å². The Balaban J connectivity index is 2.10. The summed E-state index contributed by atoms with van der Waals surface area (Å²) >= 11 is 0. The molecule has 2 heterocycles. The van der Waals surface area contributed by atoms with E-state index in [0.717, 1.165) is 12.8 Å². The Bertz CT molecular complexity index is 527. The number of hydrogen-bond donors (Lipinski definition) is 1. The van der Waals surface area contributed by atoms with E-state index in [9.17, 15) is 8.42 Å². The van der Waals surface area contributed by atoms with Crippen LogP contribution >= 0.6 is 0 Å². The third-order valence-electron chi connectivity index (χ3n) is 3.32. The highest BCUT2D eigenvalue weighted by molar-refractivity contribution is 7.89. The van der Waals surface area contributed by atoms with Gasteiger partial charge in [0.25, 0.3) is 0 Å². The van der Waals surface area contributed by atoms with Gasteiger partial charge in [0, 0.05) is 39.1 Å². The SMILES string of the molecule is CN(CC1CCOCC1)S(=O)(=O)c1ccnc(N)c1. The van der Waals surface area contributed by atoms with Gasteiger partial charge in [-0.25, -0.2) is 17.7 Å². The molecule has 19 heavy (non-hydrogen) atoms. The molecule has 1 aromatic heterocycles. The number of rotatable bonds is 4. The molecule has 0 unspecified atom stereocenters. The molecule has 0 amide bonds. The Morgan fingerprint density at radius 2 is 2.16 bits per heavy atom. The van der Waals surface area contributed by atoms with Crippen molar-refractivity contribution in [2.45, 2.75) is 17.7 Å². The second kappa shape index (κ2) is 5.85. The topological polar surface area (TPSA) is 85.5 Å². The summed E-state index contributed by atoms with van der Waals surface area (Å²) < 4.78 is 31.4. The Hall–Kier alpha value is -1.18. The number of nitrogen functional groups attached to an aromatic ring is 1. The van der Waals surface area contributed by atoms with Gasteiger partial charge in [-0.3, -0.25) is 0 Å². The van der Waals surface area contributed by atoms with Gasteiger partial charge in [0.05, 0.1) is 4.90 Å². The van der Waals surface area contributed by atoms with Crippen LogP contribution < -0.4 is 5.73 Å². The van der Waals surface area contributed by atoms with Crippen LogP contribution in [-0.2, 0) is 14.8 Å². The average Bonchev–Trinajstić information content (AvgIpc) is 2.40. The molecule has 0 saturated carbocycles. The molecule has 2 N–H and O–H groups in total. The number of anilines is 1. The fourth-order valence-corrected chi connectivity index (χ4v) is 3.43. The smallest absolute Gasteiger partial charge is 0.243 e. The van der Waals surface area contributed by atoms with Crippen molar-refractivity contribution in [3.8, 4) is 0 Å². The Labute approximate surface area is 113 Å². The first kappa shape index (κ1) is 14.2. The van der Waals surface area contributed by atoms with Crippen molar-refractivity contribution < 1.29 is 13.2 Å². The van der Waals surface area contributed by atoms with Crippen LogP contribution in [0.15, 0.2) is 23.2 Å². The lowest BCUT2D eigenvalue weighted by Crippen LogP contribution is -2.34. The average molecular weight is 285 g/mol. The molecular formula is C12H19N3O3S. The minimum absolute atomic E-state index is 0.189. The van der Waals surface area contributed by atoms with E-state index < -0.39 is 10.0 Å². The third kappa shape index (κ3) is 3.43. The zero-order chi connectivity index (χ0) is 13.9. The summed E-state index contributed by atoms with van der Waals surface area (Å²) in [5.74, 6) is 0.563. The summed E-state index contributed by atoms with van der Waals surface area (Å²) in [6.45, 7) is 1.93. The maximum atomic E-state index is 12.4. The molecule has 0 aromatic carbocycles. The van der Waals surface area contributed by atoms with Crippen LogP contribution in [0.4, 0.5) is 5.82 Å². The zero-order valence-electron chi connectivity index (χ0n) is 10.9. The molecule has 1 aliphatic rings. The van der Waals surface area contributed by atoms with Crippen molar-refractivity contribution in [1.82, 2.24) is 9.29 Å². The van der Waals surface area contributed by atoms with E-state index in [2.05, 4.69) is 4.98 Å². The van der Waals surface area contributed by atoms with Gasteiger partial charge >= 0.3 is 0 Å². The van der Waals surface area contributed by atoms with Crippen molar-refractivity contribution in [2.75, 3.05) is 32.5 Å². The van der Waals surface area contributed by atoms with Gasteiger partial charge in [0.2, 0.25) is 10.0 Å². The zero-order valence-corrected chi connectivity index (χ0v) is 11.8. The van der Waals surface area contributed by atoms with Crippen LogP contribution in [0.1, 0.15) is 12.8 Å². The summed E-state index contributed by atoms with van der Waals surface area (Å²) in [6.07, 6.45) is 3.21. The number of sulfonamides is 1. The molecule has 0 aliphatic carbocycles. The summed E-state index contributed by atoms with van der Waals surface area (Å²) in [5, 5.41) is 0. The molecule has 0 radical (unpaired) electrons. The molecular weight excluding hydrogens is 266 g/mol. The second-order valence-electron chi connectivity index (χ2n) is 4.76. The Morgan fingerprint density at radius 3 is 2.79 bits per heavy atom. The number of pyridine rings is 1. The molecule has 1 aliphatic heterocycles. The minimum atomic E-state index is -3.49. The van der Waals surface area contributed by atoms with Gasteiger partial charge in [-0.15, -0.1) is 0 Å². The molecule has 1 saturated heterocycles. The molecule has 6 nitrogen and oxygen atoms in total. The summed E-state index contributed by atoms with van der Waals surface area (Å²) in [6, 6.07) is 2.85. The number of hydrogen-bond acceptors (Lipinski definition) is 5. The van der Waals surface area contributed by atoms with Crippen molar-refractivity contribution in [1.29, 1.82) is 0 Å². The van der Waals surface area contributed by atoms with Gasteiger partial charge in [0.15, 0.2) is 0 Å². The monoisotopic (exact) mass is 285 g/mol. The van der Waals surface area contributed by atoms with E-state index in [1.165, 1.54) is 22.6 Å².